The number of amides is 1. The minimum atomic E-state index is -0.517. The van der Waals surface area contributed by atoms with Gasteiger partial charge in [-0.15, -0.1) is 0 Å². The molecule has 0 saturated heterocycles. The Kier molecular flexibility index (Phi) is 7.50. The summed E-state index contributed by atoms with van der Waals surface area (Å²) >= 11 is 12.1. The van der Waals surface area contributed by atoms with Crippen molar-refractivity contribution >= 4 is 40.5 Å². The lowest BCUT2D eigenvalue weighted by atomic mass is 10.0. The average Bonchev–Trinajstić information content (AvgIpc) is 2.77. The highest BCUT2D eigenvalue weighted by Gasteiger charge is 2.20. The van der Waals surface area contributed by atoms with E-state index < -0.39 is 4.92 Å². The van der Waals surface area contributed by atoms with Crippen LogP contribution in [0, 0.1) is 10.1 Å². The van der Waals surface area contributed by atoms with Crippen molar-refractivity contribution in [3.05, 3.63) is 104 Å². The van der Waals surface area contributed by atoms with Gasteiger partial charge in [0.25, 0.3) is 11.6 Å². The Hall–Kier alpha value is -3.09. The second-order valence-electron chi connectivity index (χ2n) is 6.92. The van der Waals surface area contributed by atoms with Crippen LogP contribution in [0.4, 0.5) is 11.4 Å². The quantitative estimate of drug-likeness (QED) is 0.302. The highest BCUT2D eigenvalue weighted by atomic mass is 35.5. The summed E-state index contributed by atoms with van der Waals surface area (Å²) in [5.41, 5.74) is 2.05. The van der Waals surface area contributed by atoms with Gasteiger partial charge in [0.1, 0.15) is 5.69 Å². The number of carbonyl (C=O) groups is 1. The highest BCUT2D eigenvalue weighted by Crippen LogP contribution is 2.28. The van der Waals surface area contributed by atoms with E-state index in [1.54, 1.807) is 24.3 Å². The van der Waals surface area contributed by atoms with Crippen LogP contribution in [0.3, 0.4) is 0 Å². The number of nitro groups is 1. The number of halogens is 2. The zero-order valence-electron chi connectivity index (χ0n) is 16.8. The third-order valence-electron chi connectivity index (χ3n) is 4.86. The van der Waals surface area contributed by atoms with Crippen molar-refractivity contribution < 1.29 is 9.72 Å². The second kappa shape index (κ2) is 10.3. The van der Waals surface area contributed by atoms with Gasteiger partial charge in [-0.05, 0) is 41.8 Å². The van der Waals surface area contributed by atoms with Gasteiger partial charge in [-0.3, -0.25) is 14.9 Å². The normalized spacial score (nSPS) is 11.6. The van der Waals surface area contributed by atoms with Crippen molar-refractivity contribution in [2.45, 2.75) is 25.9 Å². The molecule has 6 nitrogen and oxygen atoms in total. The molecule has 0 bridgehead atoms. The molecule has 2 N–H and O–H groups in total. The zero-order valence-corrected chi connectivity index (χ0v) is 18.3. The summed E-state index contributed by atoms with van der Waals surface area (Å²) in [4.78, 5) is 23.8. The molecular weight excluding hydrogens is 437 g/mol. The third kappa shape index (κ3) is 5.75. The molecule has 0 fully saturated rings. The van der Waals surface area contributed by atoms with Gasteiger partial charge in [-0.2, -0.15) is 0 Å². The summed E-state index contributed by atoms with van der Waals surface area (Å²) in [6.07, 6.45) is 0.694. The summed E-state index contributed by atoms with van der Waals surface area (Å²) in [6.45, 7) is 2.24. The topological polar surface area (TPSA) is 84.3 Å². The van der Waals surface area contributed by atoms with E-state index in [9.17, 15) is 14.9 Å². The summed E-state index contributed by atoms with van der Waals surface area (Å²) in [7, 11) is 0. The number of benzene rings is 3. The number of nitrogens with zero attached hydrogens (tertiary/aromatic N) is 1. The van der Waals surface area contributed by atoms with Gasteiger partial charge in [0.15, 0.2) is 0 Å². The Bertz CT molecular complexity index is 1090. The lowest BCUT2D eigenvalue weighted by Gasteiger charge is -2.17. The largest absolute Gasteiger partial charge is 0.375 e. The fourth-order valence-corrected chi connectivity index (χ4v) is 3.65. The first kappa shape index (κ1) is 22.6. The number of hydrogen-bond donors (Lipinski definition) is 2. The second-order valence-corrected chi connectivity index (χ2v) is 7.77. The third-order valence-corrected chi connectivity index (χ3v) is 5.44. The molecule has 3 rings (SSSR count). The molecule has 0 heterocycles. The summed E-state index contributed by atoms with van der Waals surface area (Å²) < 4.78 is 0. The van der Waals surface area contributed by atoms with Crippen LogP contribution in [0.25, 0.3) is 0 Å². The molecule has 31 heavy (non-hydrogen) atoms. The van der Waals surface area contributed by atoms with Gasteiger partial charge >= 0.3 is 0 Å². The fraction of sp³-hybridized carbons (Fsp3) is 0.174. The molecule has 1 amide bonds. The molecule has 160 valence electrons. The first-order chi connectivity index (χ1) is 14.9. The Balaban J connectivity index is 1.77. The molecule has 0 spiro atoms. The molecule has 0 aliphatic carbocycles. The minimum Gasteiger partial charge on any atom is -0.375 e. The van der Waals surface area contributed by atoms with Crippen LogP contribution in [0.5, 0.6) is 0 Å². The van der Waals surface area contributed by atoms with Gasteiger partial charge in [-0.25, -0.2) is 0 Å². The summed E-state index contributed by atoms with van der Waals surface area (Å²) in [5.74, 6) is -0.369. The van der Waals surface area contributed by atoms with E-state index in [4.69, 9.17) is 23.2 Å². The van der Waals surface area contributed by atoms with Gasteiger partial charge in [0.05, 0.1) is 11.0 Å². The summed E-state index contributed by atoms with van der Waals surface area (Å²) in [6, 6.07) is 18.8. The van der Waals surface area contributed by atoms with Crippen LogP contribution in [-0.2, 0) is 6.54 Å². The molecule has 0 aromatic heterocycles. The Morgan fingerprint density at radius 3 is 2.45 bits per heavy atom. The Morgan fingerprint density at radius 1 is 1.06 bits per heavy atom. The molecule has 8 heteroatoms. The van der Waals surface area contributed by atoms with Crippen molar-refractivity contribution in [1.82, 2.24) is 5.32 Å². The van der Waals surface area contributed by atoms with E-state index in [1.165, 1.54) is 12.1 Å². The maximum Gasteiger partial charge on any atom is 0.293 e. The lowest BCUT2D eigenvalue weighted by Crippen LogP contribution is -2.28. The maximum atomic E-state index is 12.7. The fourth-order valence-electron chi connectivity index (χ4n) is 3.18. The molecule has 0 aliphatic heterocycles. The van der Waals surface area contributed by atoms with Gasteiger partial charge in [0, 0.05) is 28.2 Å². The van der Waals surface area contributed by atoms with E-state index in [1.807, 2.05) is 37.3 Å². The Morgan fingerprint density at radius 2 is 1.81 bits per heavy atom. The van der Waals surface area contributed by atoms with E-state index in [2.05, 4.69) is 10.6 Å². The monoisotopic (exact) mass is 457 g/mol. The number of carbonyl (C=O) groups excluding carboxylic acids is 1. The number of anilines is 1. The van der Waals surface area contributed by atoms with Gasteiger partial charge < -0.3 is 10.6 Å². The van der Waals surface area contributed by atoms with Crippen LogP contribution in [-0.4, -0.2) is 10.8 Å². The van der Waals surface area contributed by atoms with Crippen LogP contribution in [0.1, 0.15) is 40.9 Å². The maximum absolute atomic E-state index is 12.7. The van der Waals surface area contributed by atoms with Gasteiger partial charge in [-0.1, -0.05) is 66.5 Å². The molecule has 0 aliphatic rings. The number of hydrogen-bond acceptors (Lipinski definition) is 4. The standard InChI is InChI=1S/C23H21Cl2N3O3/c1-2-20(15-6-4-3-5-7-15)27-23(29)16-9-11-21(22(12-16)28(30)31)26-14-17-8-10-18(24)13-19(17)25/h3-13,20,26H,2,14H2,1H3,(H,27,29). The Labute approximate surface area is 190 Å². The molecular formula is C23H21Cl2N3O3. The van der Waals surface area contributed by atoms with Crippen LogP contribution < -0.4 is 10.6 Å². The van der Waals surface area contributed by atoms with Crippen molar-refractivity contribution in [1.29, 1.82) is 0 Å². The molecule has 1 atom stereocenters. The smallest absolute Gasteiger partial charge is 0.293 e. The molecule has 3 aromatic rings. The number of rotatable bonds is 8. The van der Waals surface area contributed by atoms with Crippen molar-refractivity contribution in [3.63, 3.8) is 0 Å². The predicted octanol–water partition coefficient (Wildman–Crippen LogP) is 6.39. The van der Waals surface area contributed by atoms with Crippen molar-refractivity contribution in [3.8, 4) is 0 Å². The SMILES string of the molecule is CCC(NC(=O)c1ccc(NCc2ccc(Cl)cc2Cl)c([N+](=O)[O-])c1)c1ccccc1. The van der Waals surface area contributed by atoms with Crippen LogP contribution in [0.2, 0.25) is 10.0 Å². The molecule has 3 aromatic carbocycles. The lowest BCUT2D eigenvalue weighted by molar-refractivity contribution is -0.384. The highest BCUT2D eigenvalue weighted by molar-refractivity contribution is 6.35. The molecule has 1 unspecified atom stereocenters. The first-order valence-corrected chi connectivity index (χ1v) is 10.5. The minimum absolute atomic E-state index is 0.183. The zero-order chi connectivity index (χ0) is 22.4. The molecule has 0 radical (unpaired) electrons. The van der Waals surface area contributed by atoms with E-state index >= 15 is 0 Å². The molecule has 0 saturated carbocycles. The predicted molar refractivity (Wildman–Crippen MR) is 124 cm³/mol. The average molecular weight is 458 g/mol. The number of nitro benzene ring substituents is 1. The van der Waals surface area contributed by atoms with Crippen LogP contribution in [0.15, 0.2) is 66.7 Å². The van der Waals surface area contributed by atoms with E-state index in [0.29, 0.717) is 22.2 Å². The van der Waals surface area contributed by atoms with Gasteiger partial charge in [0.2, 0.25) is 0 Å². The van der Waals surface area contributed by atoms with Crippen molar-refractivity contribution in [2.75, 3.05) is 5.32 Å². The summed E-state index contributed by atoms with van der Waals surface area (Å²) in [5, 5.41) is 18.5. The van der Waals surface area contributed by atoms with E-state index in [-0.39, 0.29) is 29.7 Å². The van der Waals surface area contributed by atoms with Crippen LogP contribution >= 0.6 is 23.2 Å². The number of nitrogens with one attached hydrogen (secondary N) is 2. The first-order valence-electron chi connectivity index (χ1n) is 9.71. The van der Waals surface area contributed by atoms with E-state index in [0.717, 1.165) is 11.1 Å². The van der Waals surface area contributed by atoms with Crippen molar-refractivity contribution in [2.24, 2.45) is 0 Å².